The molecule has 0 radical (unpaired) electrons. The molecule has 0 saturated carbocycles. The predicted molar refractivity (Wildman–Crippen MR) is 167 cm³/mol. The van der Waals surface area contributed by atoms with Crippen LogP contribution in [0.5, 0.6) is 11.5 Å². The maximum atomic E-state index is 12.2. The number of aryl methyl sites for hydroxylation is 4. The van der Waals surface area contributed by atoms with E-state index in [-0.39, 0.29) is 12.3 Å². The quantitative estimate of drug-likeness (QED) is 0.200. The molecule has 0 spiro atoms. The molecule has 0 aromatic heterocycles. The second-order valence-electron chi connectivity index (χ2n) is 7.76. The molecule has 0 unspecified atom stereocenters. The third-order valence-corrected chi connectivity index (χ3v) is 4.54. The van der Waals surface area contributed by atoms with Crippen LogP contribution in [-0.4, -0.2) is 38.9 Å². The van der Waals surface area contributed by atoms with Gasteiger partial charge < -0.3 is 14.2 Å². The van der Waals surface area contributed by atoms with Crippen LogP contribution in [0.15, 0.2) is 30.3 Å². The van der Waals surface area contributed by atoms with Gasteiger partial charge in [0.25, 0.3) is 0 Å². The van der Waals surface area contributed by atoms with Crippen molar-refractivity contribution in [2.45, 2.75) is 103 Å². The van der Waals surface area contributed by atoms with Gasteiger partial charge in [-0.05, 0) is 74.1 Å². The maximum Gasteiger partial charge on any atom is 0.247 e. The number of hydrogen-bond acceptors (Lipinski definition) is 5. The molecule has 39 heavy (non-hydrogen) atoms. The van der Waals surface area contributed by atoms with Crippen LogP contribution in [0.2, 0.25) is 0 Å². The standard InChI is InChI=1S/C25H35NO5.4C2H6/c1-6-7-28-8-9-29-10-11-30-26-24(27)17-22-15-20(4)25(21(5)16-22)31-23-13-18(2)12-19(3)14-23;4*1-2/h12-16H,6-11,17H2,1-5H3,(H,26,27);4*1-2H3. The van der Waals surface area contributed by atoms with Gasteiger partial charge in [0.1, 0.15) is 11.5 Å². The van der Waals surface area contributed by atoms with Gasteiger partial charge in [0.05, 0.1) is 32.8 Å². The van der Waals surface area contributed by atoms with E-state index < -0.39 is 0 Å². The van der Waals surface area contributed by atoms with Gasteiger partial charge in [-0.25, -0.2) is 5.48 Å². The summed E-state index contributed by atoms with van der Waals surface area (Å²) in [6.45, 7) is 28.7. The van der Waals surface area contributed by atoms with E-state index in [0.29, 0.717) is 26.4 Å². The molecule has 0 aliphatic heterocycles. The smallest absolute Gasteiger partial charge is 0.247 e. The summed E-state index contributed by atoms with van der Waals surface area (Å²) >= 11 is 0. The summed E-state index contributed by atoms with van der Waals surface area (Å²) in [5.41, 5.74) is 7.67. The Morgan fingerprint density at radius 3 is 1.62 bits per heavy atom. The fourth-order valence-electron chi connectivity index (χ4n) is 3.33. The van der Waals surface area contributed by atoms with Crippen molar-refractivity contribution < 1.29 is 23.8 Å². The van der Waals surface area contributed by atoms with Gasteiger partial charge in [-0.2, -0.15) is 0 Å². The number of benzene rings is 2. The Morgan fingerprint density at radius 1 is 0.667 bits per heavy atom. The van der Waals surface area contributed by atoms with Crippen molar-refractivity contribution in [3.05, 3.63) is 58.1 Å². The summed E-state index contributed by atoms with van der Waals surface area (Å²) in [4.78, 5) is 17.4. The Hall–Kier alpha value is -2.41. The molecule has 0 saturated heterocycles. The third kappa shape index (κ3) is 20.2. The SMILES string of the molecule is CC.CC.CC.CC.CCCOCCOCCONC(=O)Cc1cc(C)c(Oc2cc(C)cc(C)c2)c(C)c1. The number of hydrogen-bond donors (Lipinski definition) is 1. The van der Waals surface area contributed by atoms with Crippen molar-refractivity contribution in [2.75, 3.05) is 33.0 Å². The van der Waals surface area contributed by atoms with Crippen LogP contribution in [0.1, 0.15) is 96.6 Å². The first-order valence-electron chi connectivity index (χ1n) is 14.8. The van der Waals surface area contributed by atoms with Gasteiger partial charge in [0.2, 0.25) is 5.91 Å². The minimum atomic E-state index is -0.201. The van der Waals surface area contributed by atoms with Crippen molar-refractivity contribution in [3.8, 4) is 11.5 Å². The lowest BCUT2D eigenvalue weighted by Gasteiger charge is -2.15. The van der Waals surface area contributed by atoms with Crippen LogP contribution in [0.25, 0.3) is 0 Å². The van der Waals surface area contributed by atoms with Crippen molar-refractivity contribution in [1.82, 2.24) is 5.48 Å². The monoisotopic (exact) mass is 549 g/mol. The van der Waals surface area contributed by atoms with Gasteiger partial charge in [-0.1, -0.05) is 80.5 Å². The summed E-state index contributed by atoms with van der Waals surface area (Å²) in [6, 6.07) is 10.1. The Labute approximate surface area is 240 Å². The Kier molecular flexibility index (Phi) is 30.1. The topological polar surface area (TPSA) is 66.0 Å². The molecule has 0 atom stereocenters. The average Bonchev–Trinajstić information content (AvgIpc) is 2.94. The number of ether oxygens (including phenoxy) is 3. The number of carbonyl (C=O) groups excluding carboxylic acids is 1. The zero-order valence-corrected chi connectivity index (χ0v) is 27.4. The van der Waals surface area contributed by atoms with E-state index in [9.17, 15) is 4.79 Å². The van der Waals surface area contributed by atoms with E-state index in [4.69, 9.17) is 19.0 Å². The second-order valence-corrected chi connectivity index (χ2v) is 7.76. The van der Waals surface area contributed by atoms with Gasteiger partial charge in [-0.3, -0.25) is 9.63 Å². The molecule has 2 rings (SSSR count). The van der Waals surface area contributed by atoms with Gasteiger partial charge in [-0.15, -0.1) is 0 Å². The summed E-state index contributed by atoms with van der Waals surface area (Å²) in [6.07, 6.45) is 1.23. The molecule has 1 amide bonds. The minimum Gasteiger partial charge on any atom is -0.457 e. The summed E-state index contributed by atoms with van der Waals surface area (Å²) in [5, 5.41) is 0. The summed E-state index contributed by atoms with van der Waals surface area (Å²) < 4.78 is 16.8. The van der Waals surface area contributed by atoms with Crippen LogP contribution in [0, 0.1) is 27.7 Å². The first-order valence-corrected chi connectivity index (χ1v) is 14.8. The molecule has 1 N–H and O–H groups in total. The van der Waals surface area contributed by atoms with Gasteiger partial charge >= 0.3 is 0 Å². The first-order chi connectivity index (χ1) is 18.9. The molecule has 0 heterocycles. The van der Waals surface area contributed by atoms with E-state index in [1.807, 2.05) is 93.5 Å². The number of rotatable bonds is 13. The van der Waals surface area contributed by atoms with Crippen LogP contribution >= 0.6 is 0 Å². The van der Waals surface area contributed by atoms with E-state index in [0.717, 1.165) is 52.3 Å². The van der Waals surface area contributed by atoms with E-state index >= 15 is 0 Å². The molecular weight excluding hydrogens is 490 g/mol. The molecule has 0 fully saturated rings. The highest BCUT2D eigenvalue weighted by molar-refractivity contribution is 5.77. The normalized spacial score (nSPS) is 9.26. The lowest BCUT2D eigenvalue weighted by Crippen LogP contribution is -2.27. The van der Waals surface area contributed by atoms with Crippen LogP contribution in [-0.2, 0) is 25.5 Å². The fraction of sp³-hybridized carbons (Fsp3) is 0.606. The summed E-state index contributed by atoms with van der Waals surface area (Å²) in [5.74, 6) is 1.44. The average molecular weight is 550 g/mol. The highest BCUT2D eigenvalue weighted by atomic mass is 16.7. The largest absolute Gasteiger partial charge is 0.457 e. The second kappa shape index (κ2) is 28.6. The molecule has 2 aromatic carbocycles. The molecule has 0 bridgehead atoms. The molecular formula is C33H59NO5. The minimum absolute atomic E-state index is 0.201. The molecule has 226 valence electrons. The maximum absolute atomic E-state index is 12.2. The first kappa shape index (κ1) is 41.1. The van der Waals surface area contributed by atoms with Crippen molar-refractivity contribution in [3.63, 3.8) is 0 Å². The zero-order chi connectivity index (χ0) is 30.6. The number of amides is 1. The molecule has 0 aliphatic carbocycles. The van der Waals surface area contributed by atoms with Gasteiger partial charge in [0.15, 0.2) is 0 Å². The molecule has 6 heteroatoms. The van der Waals surface area contributed by atoms with E-state index in [2.05, 4.69) is 32.3 Å². The van der Waals surface area contributed by atoms with Gasteiger partial charge in [0, 0.05) is 6.61 Å². The van der Waals surface area contributed by atoms with Crippen molar-refractivity contribution >= 4 is 5.91 Å². The number of hydroxylamine groups is 1. The molecule has 0 aliphatic rings. The number of carbonyl (C=O) groups is 1. The van der Waals surface area contributed by atoms with Crippen LogP contribution < -0.4 is 10.2 Å². The lowest BCUT2D eigenvalue weighted by molar-refractivity contribution is -0.134. The summed E-state index contributed by atoms with van der Waals surface area (Å²) in [7, 11) is 0. The van der Waals surface area contributed by atoms with E-state index in [1.54, 1.807) is 0 Å². The highest BCUT2D eigenvalue weighted by Gasteiger charge is 2.11. The highest BCUT2D eigenvalue weighted by Crippen LogP contribution is 2.31. The Bertz CT molecular complexity index is 809. The van der Waals surface area contributed by atoms with E-state index in [1.165, 1.54) is 0 Å². The fourth-order valence-corrected chi connectivity index (χ4v) is 3.33. The van der Waals surface area contributed by atoms with Crippen LogP contribution in [0.3, 0.4) is 0 Å². The molecule has 2 aromatic rings. The van der Waals surface area contributed by atoms with Crippen molar-refractivity contribution in [1.29, 1.82) is 0 Å². The predicted octanol–water partition coefficient (Wildman–Crippen LogP) is 8.85. The molecule has 6 nitrogen and oxygen atoms in total. The Morgan fingerprint density at radius 2 is 1.13 bits per heavy atom. The van der Waals surface area contributed by atoms with Crippen molar-refractivity contribution in [2.24, 2.45) is 0 Å². The zero-order valence-electron chi connectivity index (χ0n) is 27.4. The third-order valence-electron chi connectivity index (χ3n) is 4.54. The lowest BCUT2D eigenvalue weighted by atomic mass is 10.0. The Balaban J connectivity index is -0.00000148. The number of nitrogens with one attached hydrogen (secondary N) is 1. The van der Waals surface area contributed by atoms with Crippen LogP contribution in [0.4, 0.5) is 0 Å².